The van der Waals surface area contributed by atoms with Crippen molar-refractivity contribution in [3.63, 3.8) is 0 Å². The van der Waals surface area contributed by atoms with E-state index in [2.05, 4.69) is 5.10 Å². The Balaban J connectivity index is 2.37. The maximum Gasteiger partial charge on any atom is 0.287 e. The third kappa shape index (κ3) is 2.65. The summed E-state index contributed by atoms with van der Waals surface area (Å²) < 4.78 is 14.1. The normalized spacial score (nSPS) is 10.5. The number of rotatable bonds is 2. The van der Waals surface area contributed by atoms with E-state index in [1.165, 1.54) is 18.3 Å². The van der Waals surface area contributed by atoms with Crippen molar-refractivity contribution in [2.24, 2.45) is 0 Å². The van der Waals surface area contributed by atoms with Gasteiger partial charge < -0.3 is 0 Å². The molecule has 0 bridgehead atoms. The van der Waals surface area contributed by atoms with Gasteiger partial charge in [-0.25, -0.2) is 9.07 Å². The molecule has 1 aromatic carbocycles. The van der Waals surface area contributed by atoms with Crippen molar-refractivity contribution < 1.29 is 4.39 Å². The van der Waals surface area contributed by atoms with Crippen LogP contribution < -0.4 is 5.56 Å². The highest BCUT2D eigenvalue weighted by atomic mass is 35.5. The molecule has 1 aromatic heterocycles. The highest BCUT2D eigenvalue weighted by Crippen LogP contribution is 2.15. The molecule has 1 heterocycles. The summed E-state index contributed by atoms with van der Waals surface area (Å²) in [6, 6.07) is 5.91. The van der Waals surface area contributed by atoms with Crippen molar-refractivity contribution in [3.8, 4) is 0 Å². The summed E-state index contributed by atoms with van der Waals surface area (Å²) in [5.74, 6) is -0.365. The maximum atomic E-state index is 13.0. The van der Waals surface area contributed by atoms with Crippen LogP contribution >= 0.6 is 23.2 Å². The van der Waals surface area contributed by atoms with Crippen LogP contribution in [0.4, 0.5) is 4.39 Å². The zero-order valence-corrected chi connectivity index (χ0v) is 10.0. The molecule has 0 atom stereocenters. The van der Waals surface area contributed by atoms with Gasteiger partial charge in [-0.2, -0.15) is 5.10 Å². The molecule has 0 radical (unpaired) electrons. The molecule has 3 nitrogen and oxygen atoms in total. The van der Waals surface area contributed by atoms with E-state index in [-0.39, 0.29) is 22.4 Å². The third-order valence-corrected chi connectivity index (χ3v) is 2.91. The summed E-state index contributed by atoms with van der Waals surface area (Å²) in [5.41, 5.74) is 0.126. The van der Waals surface area contributed by atoms with Crippen LogP contribution in [0.2, 0.25) is 10.0 Å². The molecule has 0 spiro atoms. The summed E-state index contributed by atoms with van der Waals surface area (Å²) in [5, 5.41) is 3.85. The van der Waals surface area contributed by atoms with Gasteiger partial charge in [0.2, 0.25) is 0 Å². The van der Waals surface area contributed by atoms with E-state index >= 15 is 0 Å². The number of hydrogen-bond donors (Lipinski definition) is 0. The van der Waals surface area contributed by atoms with Gasteiger partial charge in [0.25, 0.3) is 5.56 Å². The quantitative estimate of drug-likeness (QED) is 0.843. The monoisotopic (exact) mass is 272 g/mol. The van der Waals surface area contributed by atoms with Crippen LogP contribution in [0.3, 0.4) is 0 Å². The molecule has 2 rings (SSSR count). The first-order valence-electron chi connectivity index (χ1n) is 4.73. The lowest BCUT2D eigenvalue weighted by molar-refractivity contribution is 0.610. The third-order valence-electron chi connectivity index (χ3n) is 2.16. The molecule has 0 fully saturated rings. The average molecular weight is 273 g/mol. The van der Waals surface area contributed by atoms with Crippen molar-refractivity contribution in [2.75, 3.05) is 0 Å². The fraction of sp³-hybridized carbons (Fsp3) is 0.0909. The molecule has 0 saturated heterocycles. The van der Waals surface area contributed by atoms with E-state index in [4.69, 9.17) is 23.2 Å². The zero-order valence-electron chi connectivity index (χ0n) is 8.53. The van der Waals surface area contributed by atoms with Crippen molar-refractivity contribution in [1.82, 2.24) is 9.78 Å². The van der Waals surface area contributed by atoms with Gasteiger partial charge >= 0.3 is 0 Å². The van der Waals surface area contributed by atoms with Crippen molar-refractivity contribution >= 4 is 23.2 Å². The maximum absolute atomic E-state index is 13.0. The van der Waals surface area contributed by atoms with Gasteiger partial charge in [0.15, 0.2) is 0 Å². The molecule has 6 heteroatoms. The Morgan fingerprint density at radius 2 is 2.12 bits per heavy atom. The van der Waals surface area contributed by atoms with Crippen LogP contribution in [-0.2, 0) is 6.54 Å². The van der Waals surface area contributed by atoms with E-state index < -0.39 is 5.56 Å². The number of aromatic nitrogens is 2. The molecule has 0 aliphatic carbocycles. The fourth-order valence-corrected chi connectivity index (χ4v) is 1.64. The predicted molar refractivity (Wildman–Crippen MR) is 64.0 cm³/mol. The Morgan fingerprint density at radius 3 is 2.82 bits per heavy atom. The Morgan fingerprint density at radius 1 is 1.35 bits per heavy atom. The van der Waals surface area contributed by atoms with Gasteiger partial charge in [-0.15, -0.1) is 0 Å². The first kappa shape index (κ1) is 12.1. The molecule has 0 saturated carbocycles. The van der Waals surface area contributed by atoms with Crippen LogP contribution in [-0.4, -0.2) is 9.78 Å². The molecule has 0 aliphatic heterocycles. The number of benzene rings is 1. The second-order valence-corrected chi connectivity index (χ2v) is 4.18. The van der Waals surface area contributed by atoms with E-state index in [9.17, 15) is 9.18 Å². The number of nitrogens with zero attached hydrogens (tertiary/aromatic N) is 2. The SMILES string of the molecule is O=c1c(Cl)c(Cl)cnn1Cc1cccc(F)c1. The highest BCUT2D eigenvalue weighted by Gasteiger charge is 2.07. The molecular formula is C11H7Cl2FN2O. The van der Waals surface area contributed by atoms with E-state index in [0.717, 1.165) is 4.68 Å². The Hall–Kier alpha value is -1.39. The Bertz CT molecular complexity index is 613. The number of halogens is 3. The van der Waals surface area contributed by atoms with Gasteiger partial charge in [-0.1, -0.05) is 35.3 Å². The minimum atomic E-state index is -0.497. The van der Waals surface area contributed by atoms with Gasteiger partial charge in [-0.05, 0) is 17.7 Å². The van der Waals surface area contributed by atoms with Gasteiger partial charge in [0.1, 0.15) is 10.8 Å². The van der Waals surface area contributed by atoms with Crippen LogP contribution in [0.1, 0.15) is 5.56 Å². The molecule has 0 amide bonds. The van der Waals surface area contributed by atoms with Crippen LogP contribution in [0.15, 0.2) is 35.3 Å². The van der Waals surface area contributed by atoms with E-state index in [0.29, 0.717) is 5.56 Å². The van der Waals surface area contributed by atoms with Gasteiger partial charge in [0.05, 0.1) is 17.8 Å². The lowest BCUT2D eigenvalue weighted by Crippen LogP contribution is -2.23. The lowest BCUT2D eigenvalue weighted by Gasteiger charge is -2.05. The first-order valence-corrected chi connectivity index (χ1v) is 5.49. The van der Waals surface area contributed by atoms with E-state index in [1.807, 2.05) is 0 Å². The standard InChI is InChI=1S/C11H7Cl2FN2O/c12-9-5-15-16(11(17)10(9)13)6-7-2-1-3-8(14)4-7/h1-5H,6H2. The molecule has 0 unspecified atom stereocenters. The molecule has 88 valence electrons. The minimum Gasteiger partial charge on any atom is -0.266 e. The number of hydrogen-bond acceptors (Lipinski definition) is 2. The summed E-state index contributed by atoms with van der Waals surface area (Å²) in [4.78, 5) is 11.7. The Labute approximate surface area is 106 Å². The van der Waals surface area contributed by atoms with Crippen LogP contribution in [0, 0.1) is 5.82 Å². The summed E-state index contributed by atoms with van der Waals surface area (Å²) in [6.45, 7) is 0.146. The van der Waals surface area contributed by atoms with Crippen molar-refractivity contribution in [1.29, 1.82) is 0 Å². The fourth-order valence-electron chi connectivity index (χ4n) is 1.37. The van der Waals surface area contributed by atoms with Gasteiger partial charge in [-0.3, -0.25) is 4.79 Å². The second kappa shape index (κ2) is 4.85. The molecular weight excluding hydrogens is 266 g/mol. The smallest absolute Gasteiger partial charge is 0.266 e. The first-order chi connectivity index (χ1) is 8.08. The Kier molecular flexibility index (Phi) is 3.45. The second-order valence-electron chi connectivity index (χ2n) is 3.40. The lowest BCUT2D eigenvalue weighted by atomic mass is 10.2. The predicted octanol–water partition coefficient (Wildman–Crippen LogP) is 2.74. The summed E-state index contributed by atoms with van der Waals surface area (Å²) >= 11 is 11.3. The largest absolute Gasteiger partial charge is 0.287 e. The molecule has 17 heavy (non-hydrogen) atoms. The molecule has 0 N–H and O–H groups in total. The molecule has 2 aromatic rings. The van der Waals surface area contributed by atoms with Crippen LogP contribution in [0.5, 0.6) is 0 Å². The summed E-state index contributed by atoms with van der Waals surface area (Å²) in [6.07, 6.45) is 1.28. The topological polar surface area (TPSA) is 34.9 Å². The highest BCUT2D eigenvalue weighted by molar-refractivity contribution is 6.41. The van der Waals surface area contributed by atoms with E-state index in [1.54, 1.807) is 12.1 Å². The minimum absolute atomic E-state index is 0.0851. The molecule has 0 aliphatic rings. The van der Waals surface area contributed by atoms with Crippen molar-refractivity contribution in [2.45, 2.75) is 6.54 Å². The average Bonchev–Trinajstić information content (AvgIpc) is 2.30. The zero-order chi connectivity index (χ0) is 12.4. The van der Waals surface area contributed by atoms with Gasteiger partial charge in [0, 0.05) is 0 Å². The van der Waals surface area contributed by atoms with Crippen LogP contribution in [0.25, 0.3) is 0 Å². The van der Waals surface area contributed by atoms with Crippen molar-refractivity contribution in [3.05, 3.63) is 62.2 Å². The summed E-state index contributed by atoms with van der Waals surface area (Å²) in [7, 11) is 0.